The molecule has 0 bridgehead atoms. The summed E-state index contributed by atoms with van der Waals surface area (Å²) in [6.45, 7) is -0.0551. The first-order valence-electron chi connectivity index (χ1n) is 4.94. The fourth-order valence-electron chi connectivity index (χ4n) is 1.46. The van der Waals surface area contributed by atoms with Crippen molar-refractivity contribution in [2.45, 2.75) is 19.0 Å². The minimum Gasteiger partial charge on any atom is -0.496 e. The molecule has 96 valence electrons. The van der Waals surface area contributed by atoms with Crippen LogP contribution in [0.4, 0.5) is 13.2 Å². The Hall–Kier alpha value is -0.940. The van der Waals surface area contributed by atoms with Crippen LogP contribution in [0.3, 0.4) is 0 Å². The van der Waals surface area contributed by atoms with Gasteiger partial charge in [-0.15, -0.1) is 0 Å². The van der Waals surface area contributed by atoms with Crippen LogP contribution in [-0.2, 0) is 12.6 Å². The number of hydrogen-bond acceptors (Lipinski definition) is 2. The van der Waals surface area contributed by atoms with Crippen molar-refractivity contribution in [1.29, 1.82) is 0 Å². The Morgan fingerprint density at radius 3 is 2.47 bits per heavy atom. The van der Waals surface area contributed by atoms with Gasteiger partial charge in [0.1, 0.15) is 5.75 Å². The molecule has 0 radical (unpaired) electrons. The van der Waals surface area contributed by atoms with Crippen LogP contribution < -0.4 is 4.74 Å². The van der Waals surface area contributed by atoms with Crippen molar-refractivity contribution in [3.05, 3.63) is 28.3 Å². The second-order valence-corrected chi connectivity index (χ2v) is 3.87. The van der Waals surface area contributed by atoms with E-state index in [-0.39, 0.29) is 17.4 Å². The molecule has 0 aliphatic rings. The highest BCUT2D eigenvalue weighted by atomic mass is 35.5. The van der Waals surface area contributed by atoms with Crippen molar-refractivity contribution >= 4 is 11.6 Å². The number of aliphatic hydroxyl groups is 1. The average Bonchev–Trinajstić information content (AvgIpc) is 2.25. The number of benzene rings is 1. The molecule has 17 heavy (non-hydrogen) atoms. The molecule has 0 saturated heterocycles. The normalized spacial score (nSPS) is 11.6. The molecule has 1 rings (SSSR count). The van der Waals surface area contributed by atoms with Gasteiger partial charge in [-0.1, -0.05) is 11.6 Å². The third-order valence-corrected chi connectivity index (χ3v) is 2.62. The van der Waals surface area contributed by atoms with Gasteiger partial charge < -0.3 is 9.84 Å². The van der Waals surface area contributed by atoms with E-state index in [9.17, 15) is 13.2 Å². The molecule has 0 aromatic heterocycles. The molecular weight excluding hydrogens is 257 g/mol. The quantitative estimate of drug-likeness (QED) is 0.908. The molecule has 1 aromatic rings. The van der Waals surface area contributed by atoms with Crippen molar-refractivity contribution in [2.24, 2.45) is 0 Å². The molecule has 1 N–H and O–H groups in total. The fraction of sp³-hybridized carbons (Fsp3) is 0.455. The fourth-order valence-corrected chi connectivity index (χ4v) is 1.76. The van der Waals surface area contributed by atoms with Gasteiger partial charge in [-0.05, 0) is 25.0 Å². The van der Waals surface area contributed by atoms with E-state index < -0.39 is 11.7 Å². The third-order valence-electron chi connectivity index (χ3n) is 2.29. The molecule has 6 heteroatoms. The van der Waals surface area contributed by atoms with Gasteiger partial charge in [-0.25, -0.2) is 0 Å². The van der Waals surface area contributed by atoms with E-state index in [2.05, 4.69) is 0 Å². The molecule has 0 aliphatic heterocycles. The molecule has 0 unspecified atom stereocenters. The lowest BCUT2D eigenvalue weighted by molar-refractivity contribution is -0.137. The Kier molecular flexibility index (Phi) is 4.65. The van der Waals surface area contributed by atoms with Crippen LogP contribution in [0.15, 0.2) is 12.1 Å². The van der Waals surface area contributed by atoms with Crippen LogP contribution in [0.2, 0.25) is 5.02 Å². The topological polar surface area (TPSA) is 29.5 Å². The van der Waals surface area contributed by atoms with E-state index in [1.807, 2.05) is 0 Å². The highest BCUT2D eigenvalue weighted by Gasteiger charge is 2.32. The van der Waals surface area contributed by atoms with E-state index in [4.69, 9.17) is 21.4 Å². The Balaban J connectivity index is 3.16. The summed E-state index contributed by atoms with van der Waals surface area (Å²) in [6.07, 6.45) is -3.66. The summed E-state index contributed by atoms with van der Waals surface area (Å²) in [6, 6.07) is 1.79. The Morgan fingerprint density at radius 2 is 2.00 bits per heavy atom. The summed E-state index contributed by atoms with van der Waals surface area (Å²) in [7, 11) is 1.29. The number of halogens is 4. The highest BCUT2D eigenvalue weighted by molar-refractivity contribution is 6.31. The lowest BCUT2D eigenvalue weighted by Crippen LogP contribution is -2.07. The molecule has 0 saturated carbocycles. The SMILES string of the molecule is COc1cc(C(F)(F)F)cc(Cl)c1CCCO. The Labute approximate surface area is 102 Å². The third kappa shape index (κ3) is 3.51. The van der Waals surface area contributed by atoms with Crippen LogP contribution in [0, 0.1) is 0 Å². The lowest BCUT2D eigenvalue weighted by atomic mass is 10.1. The largest absolute Gasteiger partial charge is 0.496 e. The van der Waals surface area contributed by atoms with Crippen LogP contribution in [0.5, 0.6) is 5.75 Å². The van der Waals surface area contributed by atoms with Gasteiger partial charge in [0.05, 0.1) is 12.7 Å². The zero-order chi connectivity index (χ0) is 13.1. The molecule has 0 spiro atoms. The molecule has 0 heterocycles. The van der Waals surface area contributed by atoms with Crippen molar-refractivity contribution in [2.75, 3.05) is 13.7 Å². The van der Waals surface area contributed by atoms with Crippen molar-refractivity contribution in [3.8, 4) is 5.75 Å². The van der Waals surface area contributed by atoms with Gasteiger partial charge in [0.15, 0.2) is 0 Å². The van der Waals surface area contributed by atoms with Gasteiger partial charge in [-0.2, -0.15) is 13.2 Å². The number of ether oxygens (including phenoxy) is 1. The number of hydrogen-bond donors (Lipinski definition) is 1. The minimum absolute atomic E-state index is 0.00475. The maximum atomic E-state index is 12.5. The van der Waals surface area contributed by atoms with Crippen LogP contribution in [0.1, 0.15) is 17.5 Å². The number of aliphatic hydroxyl groups excluding tert-OH is 1. The lowest BCUT2D eigenvalue weighted by Gasteiger charge is -2.14. The summed E-state index contributed by atoms with van der Waals surface area (Å²) in [4.78, 5) is 0. The van der Waals surface area contributed by atoms with Crippen molar-refractivity contribution < 1.29 is 23.0 Å². The number of alkyl halides is 3. The Morgan fingerprint density at radius 1 is 1.35 bits per heavy atom. The molecule has 0 amide bonds. The second-order valence-electron chi connectivity index (χ2n) is 3.46. The first kappa shape index (κ1) is 14.1. The van der Waals surface area contributed by atoms with E-state index in [0.29, 0.717) is 18.4 Å². The summed E-state index contributed by atoms with van der Waals surface area (Å²) < 4.78 is 42.4. The van der Waals surface area contributed by atoms with Gasteiger partial charge >= 0.3 is 6.18 Å². The van der Waals surface area contributed by atoms with Crippen LogP contribution in [0.25, 0.3) is 0 Å². The van der Waals surface area contributed by atoms with Crippen molar-refractivity contribution in [3.63, 3.8) is 0 Å². The average molecular weight is 269 g/mol. The molecular formula is C11H12ClF3O2. The molecule has 1 aromatic carbocycles. The summed E-state index contributed by atoms with van der Waals surface area (Å²) in [5.74, 6) is 0.0956. The zero-order valence-electron chi connectivity index (χ0n) is 9.14. The standard InChI is InChI=1S/C11H12ClF3O2/c1-17-10-6-7(11(13,14)15)5-9(12)8(10)3-2-4-16/h5-6,16H,2-4H2,1H3. The Bertz CT molecular complexity index is 391. The molecule has 0 fully saturated rings. The molecule has 2 nitrogen and oxygen atoms in total. The van der Waals surface area contributed by atoms with Gasteiger partial charge in [0, 0.05) is 17.2 Å². The zero-order valence-corrected chi connectivity index (χ0v) is 9.90. The monoisotopic (exact) mass is 268 g/mol. The summed E-state index contributed by atoms with van der Waals surface area (Å²) >= 11 is 5.79. The van der Waals surface area contributed by atoms with Gasteiger partial charge in [-0.3, -0.25) is 0 Å². The summed E-state index contributed by atoms with van der Waals surface area (Å²) in [5.41, 5.74) is -0.358. The van der Waals surface area contributed by atoms with Crippen molar-refractivity contribution in [1.82, 2.24) is 0 Å². The van der Waals surface area contributed by atoms with Gasteiger partial charge in [0.2, 0.25) is 0 Å². The van der Waals surface area contributed by atoms with E-state index in [1.54, 1.807) is 0 Å². The van der Waals surface area contributed by atoms with Crippen LogP contribution in [-0.4, -0.2) is 18.8 Å². The van der Waals surface area contributed by atoms with E-state index in [1.165, 1.54) is 7.11 Å². The molecule has 0 aliphatic carbocycles. The highest BCUT2D eigenvalue weighted by Crippen LogP contribution is 2.37. The van der Waals surface area contributed by atoms with Gasteiger partial charge in [0.25, 0.3) is 0 Å². The number of methoxy groups -OCH3 is 1. The predicted molar refractivity (Wildman–Crippen MR) is 58.4 cm³/mol. The first-order chi connectivity index (χ1) is 7.90. The minimum atomic E-state index is -4.45. The summed E-state index contributed by atoms with van der Waals surface area (Å²) in [5, 5.41) is 8.71. The predicted octanol–water partition coefficient (Wildman–Crippen LogP) is 3.29. The smallest absolute Gasteiger partial charge is 0.416 e. The first-order valence-corrected chi connectivity index (χ1v) is 5.32. The maximum absolute atomic E-state index is 12.5. The van der Waals surface area contributed by atoms with E-state index >= 15 is 0 Å². The molecule has 0 atom stereocenters. The maximum Gasteiger partial charge on any atom is 0.416 e. The second kappa shape index (κ2) is 5.60. The number of rotatable bonds is 4. The van der Waals surface area contributed by atoms with Crippen LogP contribution >= 0.6 is 11.6 Å². The van der Waals surface area contributed by atoms with E-state index in [0.717, 1.165) is 12.1 Å².